The fourth-order valence-corrected chi connectivity index (χ4v) is 7.74. The summed E-state index contributed by atoms with van der Waals surface area (Å²) in [6.07, 6.45) is 5.28. The van der Waals surface area contributed by atoms with Crippen molar-refractivity contribution in [2.24, 2.45) is 0 Å². The van der Waals surface area contributed by atoms with Gasteiger partial charge in [-0.1, -0.05) is 32.2 Å². The van der Waals surface area contributed by atoms with Crippen LogP contribution in [0.15, 0.2) is 0 Å². The number of piperazine rings is 2. The summed E-state index contributed by atoms with van der Waals surface area (Å²) in [6.45, 7) is 17.8. The molecule has 2 rings (SSSR count). The molecular formula is C22H47N4O2Si2. The van der Waals surface area contributed by atoms with Crippen LogP contribution in [0.2, 0.25) is 11.6 Å². The van der Waals surface area contributed by atoms with Gasteiger partial charge in [-0.15, -0.1) is 0 Å². The maximum absolute atomic E-state index is 5.87. The smallest absolute Gasteiger partial charge is 0.387 e. The lowest BCUT2D eigenvalue weighted by atomic mass is 10.2. The maximum atomic E-state index is 5.87. The van der Waals surface area contributed by atoms with Crippen molar-refractivity contribution in [2.75, 3.05) is 79.7 Å². The highest BCUT2D eigenvalue weighted by Gasteiger charge is 2.29. The van der Waals surface area contributed by atoms with Crippen molar-refractivity contribution < 1.29 is 8.85 Å². The average molecular weight is 456 g/mol. The molecule has 2 fully saturated rings. The molecular weight excluding hydrogens is 408 g/mol. The Hall–Kier alpha value is 0.194. The maximum Gasteiger partial charge on any atom is 0.387 e. The Kier molecular flexibility index (Phi) is 13.3. The zero-order chi connectivity index (χ0) is 21.8. The first-order chi connectivity index (χ1) is 14.5. The van der Waals surface area contributed by atoms with Gasteiger partial charge >= 0.3 is 9.28 Å². The van der Waals surface area contributed by atoms with Gasteiger partial charge in [0, 0.05) is 76.9 Å². The highest BCUT2D eigenvalue weighted by Crippen LogP contribution is 2.21. The Balaban J connectivity index is 1.70. The molecule has 30 heavy (non-hydrogen) atoms. The van der Waals surface area contributed by atoms with Crippen molar-refractivity contribution in [3.05, 3.63) is 0 Å². The summed E-state index contributed by atoms with van der Waals surface area (Å²) in [5.41, 5.74) is 0.584. The highest BCUT2D eigenvalue weighted by atomic mass is 28.3. The lowest BCUT2D eigenvalue weighted by molar-refractivity contribution is 0.0311. The van der Waals surface area contributed by atoms with E-state index in [1.165, 1.54) is 84.1 Å². The first kappa shape index (κ1) is 26.4. The second-order valence-corrected chi connectivity index (χ2v) is 12.6. The number of unbranched alkanes of at least 4 members (excludes halogenated alkanes) is 2. The Morgan fingerprint density at radius 1 is 0.767 bits per heavy atom. The molecule has 2 aliphatic heterocycles. The lowest BCUT2D eigenvalue weighted by Gasteiger charge is -2.45. The van der Waals surface area contributed by atoms with E-state index in [4.69, 9.17) is 8.85 Å². The molecule has 2 saturated heterocycles. The Morgan fingerprint density at radius 3 is 1.73 bits per heavy atom. The Labute approximate surface area is 190 Å². The van der Waals surface area contributed by atoms with Crippen LogP contribution in [0.25, 0.3) is 0 Å². The van der Waals surface area contributed by atoms with Gasteiger partial charge in [0.1, 0.15) is 0 Å². The van der Waals surface area contributed by atoms with Gasteiger partial charge in [-0.2, -0.15) is 0 Å². The topological polar surface area (TPSA) is 31.4 Å². The molecule has 8 heteroatoms. The zero-order valence-electron chi connectivity index (χ0n) is 20.4. The van der Waals surface area contributed by atoms with Gasteiger partial charge in [0.2, 0.25) is 0 Å². The van der Waals surface area contributed by atoms with E-state index in [-0.39, 0.29) is 0 Å². The predicted octanol–water partition coefficient (Wildman–Crippen LogP) is 2.40. The van der Waals surface area contributed by atoms with E-state index in [0.29, 0.717) is 11.3 Å². The van der Waals surface area contributed by atoms with Gasteiger partial charge in [-0.3, -0.25) is 9.80 Å². The molecule has 6 nitrogen and oxygen atoms in total. The number of hydrogen-bond donors (Lipinski definition) is 0. The Bertz CT molecular complexity index is 405. The minimum atomic E-state index is -1.09. The SMILES string of the molecule is CCO[Si](OCC)C(C)CCCCC[Si]C(N1CCN(C)CC1)N1CCN(C)CC1. The second kappa shape index (κ2) is 15.1. The van der Waals surface area contributed by atoms with Crippen LogP contribution in [0.3, 0.4) is 0 Å². The standard InChI is InChI=1S/C22H47N4O2Si2/c1-6-27-30(28-7-2)21(3)11-9-8-10-20-29-22(25-16-12-23(4)13-17-25)26-18-14-24(5)15-19-26/h21-22H,6-20H2,1-5H3. The first-order valence-electron chi connectivity index (χ1n) is 12.3. The summed E-state index contributed by atoms with van der Waals surface area (Å²) < 4.78 is 11.7. The van der Waals surface area contributed by atoms with E-state index < -0.39 is 9.28 Å². The number of rotatable bonds is 14. The largest absolute Gasteiger partial charge is 0.393 e. The van der Waals surface area contributed by atoms with Crippen LogP contribution < -0.4 is 0 Å². The third kappa shape index (κ3) is 9.36. The molecule has 1 atom stereocenters. The van der Waals surface area contributed by atoms with Crippen LogP contribution in [0.1, 0.15) is 46.5 Å². The van der Waals surface area contributed by atoms with Gasteiger partial charge in [-0.25, -0.2) is 0 Å². The van der Waals surface area contributed by atoms with Gasteiger partial charge in [0.25, 0.3) is 0 Å². The summed E-state index contributed by atoms with van der Waals surface area (Å²) in [4.78, 5) is 10.5. The van der Waals surface area contributed by atoms with Crippen molar-refractivity contribution in [1.29, 1.82) is 0 Å². The van der Waals surface area contributed by atoms with Crippen LogP contribution in [0, 0.1) is 0 Å². The first-order valence-corrected chi connectivity index (χ1v) is 14.9. The van der Waals surface area contributed by atoms with Crippen LogP contribution >= 0.6 is 0 Å². The number of likely N-dealkylation sites (N-methyl/N-ethyl adjacent to an activating group) is 2. The van der Waals surface area contributed by atoms with Gasteiger partial charge in [0.15, 0.2) is 0 Å². The van der Waals surface area contributed by atoms with E-state index in [0.717, 1.165) is 22.7 Å². The molecule has 0 saturated carbocycles. The minimum absolute atomic E-state index is 0.584. The van der Waals surface area contributed by atoms with E-state index >= 15 is 0 Å². The van der Waals surface area contributed by atoms with Crippen molar-refractivity contribution in [2.45, 2.75) is 63.8 Å². The molecule has 0 aromatic carbocycles. The van der Waals surface area contributed by atoms with Crippen LogP contribution in [0.4, 0.5) is 0 Å². The summed E-state index contributed by atoms with van der Waals surface area (Å²) in [5, 5.41) is 0. The summed E-state index contributed by atoms with van der Waals surface area (Å²) in [5.74, 6) is 0.678. The van der Waals surface area contributed by atoms with Gasteiger partial charge in [0.05, 0.1) is 9.52 Å². The summed E-state index contributed by atoms with van der Waals surface area (Å²) in [6, 6.07) is 1.38. The average Bonchev–Trinajstić information content (AvgIpc) is 2.74. The monoisotopic (exact) mass is 455 g/mol. The Morgan fingerprint density at radius 2 is 1.27 bits per heavy atom. The van der Waals surface area contributed by atoms with Crippen molar-refractivity contribution in [3.8, 4) is 0 Å². The van der Waals surface area contributed by atoms with Crippen LogP contribution in [-0.4, -0.2) is 124 Å². The minimum Gasteiger partial charge on any atom is -0.393 e. The third-order valence-electron chi connectivity index (χ3n) is 6.38. The van der Waals surface area contributed by atoms with Crippen molar-refractivity contribution >= 4 is 18.8 Å². The van der Waals surface area contributed by atoms with Gasteiger partial charge in [-0.05, 0) is 34.4 Å². The lowest BCUT2D eigenvalue weighted by Crippen LogP contribution is -2.61. The molecule has 0 aromatic rings. The molecule has 0 aliphatic carbocycles. The van der Waals surface area contributed by atoms with E-state index in [9.17, 15) is 0 Å². The fourth-order valence-electron chi connectivity index (χ4n) is 4.33. The molecule has 0 aromatic heterocycles. The fraction of sp³-hybridized carbons (Fsp3) is 1.00. The molecule has 0 spiro atoms. The van der Waals surface area contributed by atoms with Crippen molar-refractivity contribution in [1.82, 2.24) is 19.6 Å². The molecule has 2 heterocycles. The molecule has 2 aliphatic rings. The van der Waals surface area contributed by atoms with E-state index in [1.54, 1.807) is 0 Å². The number of nitrogens with zero attached hydrogens (tertiary/aromatic N) is 4. The zero-order valence-corrected chi connectivity index (χ0v) is 22.4. The highest BCUT2D eigenvalue weighted by molar-refractivity contribution is 6.46. The van der Waals surface area contributed by atoms with Gasteiger partial charge < -0.3 is 18.7 Å². The normalized spacial score (nSPS) is 21.7. The van der Waals surface area contributed by atoms with E-state index in [2.05, 4.69) is 54.5 Å². The van der Waals surface area contributed by atoms with Crippen LogP contribution in [0.5, 0.6) is 0 Å². The summed E-state index contributed by atoms with van der Waals surface area (Å²) in [7, 11) is 4.47. The predicted molar refractivity (Wildman–Crippen MR) is 129 cm³/mol. The molecule has 0 bridgehead atoms. The van der Waals surface area contributed by atoms with Crippen molar-refractivity contribution in [3.63, 3.8) is 0 Å². The molecule has 175 valence electrons. The molecule has 0 amide bonds. The quantitative estimate of drug-likeness (QED) is 0.295. The van der Waals surface area contributed by atoms with E-state index in [1.807, 2.05) is 0 Å². The number of hydrogen-bond acceptors (Lipinski definition) is 6. The second-order valence-electron chi connectivity index (χ2n) is 8.94. The third-order valence-corrected chi connectivity index (χ3v) is 10.4. The molecule has 3 radical (unpaired) electrons. The van der Waals surface area contributed by atoms with Crippen LogP contribution in [-0.2, 0) is 8.85 Å². The molecule has 0 N–H and O–H groups in total. The summed E-state index contributed by atoms with van der Waals surface area (Å²) >= 11 is 0. The molecule has 1 unspecified atom stereocenters.